The van der Waals surface area contributed by atoms with E-state index in [0.29, 0.717) is 11.7 Å². The molecular formula is C15H22O3. The Kier molecular flexibility index (Phi) is 4.48. The summed E-state index contributed by atoms with van der Waals surface area (Å²) >= 11 is 0. The zero-order chi connectivity index (χ0) is 13.0. The van der Waals surface area contributed by atoms with Crippen LogP contribution < -0.4 is 4.74 Å². The second-order valence-electron chi connectivity index (χ2n) is 4.95. The molecule has 3 nitrogen and oxygen atoms in total. The Morgan fingerprint density at radius 2 is 2.28 bits per heavy atom. The van der Waals surface area contributed by atoms with Gasteiger partial charge < -0.3 is 14.6 Å². The molecule has 3 heteroatoms. The lowest BCUT2D eigenvalue weighted by molar-refractivity contribution is -0.106. The third-order valence-corrected chi connectivity index (χ3v) is 3.56. The number of ether oxygens (including phenoxy) is 2. The van der Waals surface area contributed by atoms with Crippen LogP contribution >= 0.6 is 0 Å². The lowest BCUT2D eigenvalue weighted by Crippen LogP contribution is -2.25. The van der Waals surface area contributed by atoms with Gasteiger partial charge in [-0.1, -0.05) is 19.9 Å². The van der Waals surface area contributed by atoms with Crippen molar-refractivity contribution in [3.63, 3.8) is 0 Å². The van der Waals surface area contributed by atoms with Crippen molar-refractivity contribution in [3.05, 3.63) is 23.8 Å². The van der Waals surface area contributed by atoms with Gasteiger partial charge in [-0.05, 0) is 42.9 Å². The van der Waals surface area contributed by atoms with Crippen LogP contribution in [-0.2, 0) is 4.74 Å². The SMILES string of the molecule is CCC(C)c1ccc(O)c(OC2CCCCO2)c1. The maximum absolute atomic E-state index is 9.84. The van der Waals surface area contributed by atoms with E-state index in [1.54, 1.807) is 6.07 Å². The van der Waals surface area contributed by atoms with Crippen LogP contribution in [0.2, 0.25) is 0 Å². The number of phenolic OH excluding ortho intramolecular Hbond substituents is 1. The van der Waals surface area contributed by atoms with Gasteiger partial charge in [-0.15, -0.1) is 0 Å². The maximum Gasteiger partial charge on any atom is 0.200 e. The molecule has 0 saturated carbocycles. The molecule has 1 aliphatic heterocycles. The maximum atomic E-state index is 9.84. The molecule has 1 saturated heterocycles. The third kappa shape index (κ3) is 3.16. The van der Waals surface area contributed by atoms with Crippen molar-refractivity contribution in [3.8, 4) is 11.5 Å². The molecule has 0 bridgehead atoms. The Hall–Kier alpha value is -1.22. The summed E-state index contributed by atoms with van der Waals surface area (Å²) in [5.41, 5.74) is 1.20. The zero-order valence-electron chi connectivity index (χ0n) is 11.2. The quantitative estimate of drug-likeness (QED) is 0.883. The van der Waals surface area contributed by atoms with Crippen molar-refractivity contribution < 1.29 is 14.6 Å². The minimum absolute atomic E-state index is 0.191. The highest BCUT2D eigenvalue weighted by atomic mass is 16.7. The molecule has 2 rings (SSSR count). The smallest absolute Gasteiger partial charge is 0.200 e. The Balaban J connectivity index is 2.10. The van der Waals surface area contributed by atoms with E-state index >= 15 is 0 Å². The average Bonchev–Trinajstić information content (AvgIpc) is 2.41. The fourth-order valence-corrected chi connectivity index (χ4v) is 2.11. The topological polar surface area (TPSA) is 38.7 Å². The van der Waals surface area contributed by atoms with Crippen molar-refractivity contribution in [1.29, 1.82) is 0 Å². The number of rotatable bonds is 4. The van der Waals surface area contributed by atoms with E-state index in [0.717, 1.165) is 32.3 Å². The molecule has 0 radical (unpaired) electrons. The van der Waals surface area contributed by atoms with Crippen molar-refractivity contribution in [1.82, 2.24) is 0 Å². The first-order chi connectivity index (χ1) is 8.70. The standard InChI is InChI=1S/C15H22O3/c1-3-11(2)12-7-8-13(16)14(10-12)18-15-6-4-5-9-17-15/h7-8,10-11,15-16H,3-6,9H2,1-2H3. The Bertz CT molecular complexity index is 383. The first-order valence-corrected chi connectivity index (χ1v) is 6.82. The summed E-state index contributed by atoms with van der Waals surface area (Å²) in [6.07, 6.45) is 3.98. The molecular weight excluding hydrogens is 228 g/mol. The molecule has 0 amide bonds. The Morgan fingerprint density at radius 3 is 2.94 bits per heavy atom. The first kappa shape index (κ1) is 13.2. The number of aromatic hydroxyl groups is 1. The number of phenols is 1. The molecule has 100 valence electrons. The molecule has 0 aromatic heterocycles. The molecule has 18 heavy (non-hydrogen) atoms. The van der Waals surface area contributed by atoms with Gasteiger partial charge in [0.2, 0.25) is 0 Å². The molecule has 0 aliphatic carbocycles. The van der Waals surface area contributed by atoms with Gasteiger partial charge in [0.15, 0.2) is 17.8 Å². The van der Waals surface area contributed by atoms with E-state index in [4.69, 9.17) is 9.47 Å². The highest BCUT2D eigenvalue weighted by Gasteiger charge is 2.17. The lowest BCUT2D eigenvalue weighted by Gasteiger charge is -2.24. The predicted molar refractivity (Wildman–Crippen MR) is 71.0 cm³/mol. The number of hydrogen-bond acceptors (Lipinski definition) is 3. The summed E-state index contributed by atoms with van der Waals surface area (Å²) in [6, 6.07) is 5.60. The molecule has 1 heterocycles. The van der Waals surface area contributed by atoms with Crippen LogP contribution in [0.15, 0.2) is 18.2 Å². The van der Waals surface area contributed by atoms with Crippen LogP contribution in [0.1, 0.15) is 51.0 Å². The molecule has 1 aromatic rings. The van der Waals surface area contributed by atoms with Gasteiger partial charge in [0.25, 0.3) is 0 Å². The third-order valence-electron chi connectivity index (χ3n) is 3.56. The van der Waals surface area contributed by atoms with Gasteiger partial charge in [0, 0.05) is 6.42 Å². The average molecular weight is 250 g/mol. The van der Waals surface area contributed by atoms with Crippen LogP contribution in [-0.4, -0.2) is 18.0 Å². The largest absolute Gasteiger partial charge is 0.504 e. The van der Waals surface area contributed by atoms with E-state index in [-0.39, 0.29) is 12.0 Å². The van der Waals surface area contributed by atoms with Gasteiger partial charge in [-0.3, -0.25) is 0 Å². The molecule has 2 atom stereocenters. The minimum Gasteiger partial charge on any atom is -0.504 e. The second kappa shape index (κ2) is 6.10. The predicted octanol–water partition coefficient (Wildman–Crippen LogP) is 3.81. The summed E-state index contributed by atoms with van der Waals surface area (Å²) in [5, 5.41) is 9.84. The highest BCUT2D eigenvalue weighted by Crippen LogP contribution is 2.32. The Labute approximate surface area is 109 Å². The van der Waals surface area contributed by atoms with E-state index in [1.165, 1.54) is 5.56 Å². The fourth-order valence-electron chi connectivity index (χ4n) is 2.11. The molecule has 0 spiro atoms. The van der Waals surface area contributed by atoms with Crippen molar-refractivity contribution >= 4 is 0 Å². The van der Waals surface area contributed by atoms with Crippen molar-refractivity contribution in [2.45, 2.75) is 51.7 Å². The normalized spacial score (nSPS) is 21.6. The molecule has 1 fully saturated rings. The molecule has 2 unspecified atom stereocenters. The highest BCUT2D eigenvalue weighted by molar-refractivity contribution is 5.42. The van der Waals surface area contributed by atoms with Crippen LogP contribution in [0, 0.1) is 0 Å². The van der Waals surface area contributed by atoms with Crippen LogP contribution in [0.25, 0.3) is 0 Å². The fraction of sp³-hybridized carbons (Fsp3) is 0.600. The summed E-state index contributed by atoms with van der Waals surface area (Å²) in [7, 11) is 0. The molecule has 1 aromatic carbocycles. The van der Waals surface area contributed by atoms with E-state index in [9.17, 15) is 5.11 Å². The first-order valence-electron chi connectivity index (χ1n) is 6.82. The molecule has 1 aliphatic rings. The van der Waals surface area contributed by atoms with E-state index in [2.05, 4.69) is 13.8 Å². The summed E-state index contributed by atoms with van der Waals surface area (Å²) in [5.74, 6) is 1.20. The van der Waals surface area contributed by atoms with Crippen LogP contribution in [0.5, 0.6) is 11.5 Å². The number of benzene rings is 1. The lowest BCUT2D eigenvalue weighted by atomic mass is 9.98. The summed E-state index contributed by atoms with van der Waals surface area (Å²) < 4.78 is 11.3. The number of hydrogen-bond donors (Lipinski definition) is 1. The summed E-state index contributed by atoms with van der Waals surface area (Å²) in [6.45, 7) is 5.08. The monoisotopic (exact) mass is 250 g/mol. The van der Waals surface area contributed by atoms with Gasteiger partial charge in [0.05, 0.1) is 6.61 Å². The minimum atomic E-state index is -0.211. The molecule has 1 N–H and O–H groups in total. The van der Waals surface area contributed by atoms with E-state index in [1.807, 2.05) is 12.1 Å². The second-order valence-corrected chi connectivity index (χ2v) is 4.95. The van der Waals surface area contributed by atoms with Crippen molar-refractivity contribution in [2.24, 2.45) is 0 Å². The van der Waals surface area contributed by atoms with Crippen molar-refractivity contribution in [2.75, 3.05) is 6.61 Å². The van der Waals surface area contributed by atoms with Gasteiger partial charge in [-0.2, -0.15) is 0 Å². The Morgan fingerprint density at radius 1 is 1.44 bits per heavy atom. The zero-order valence-corrected chi connectivity index (χ0v) is 11.2. The van der Waals surface area contributed by atoms with Crippen LogP contribution in [0.3, 0.4) is 0 Å². The van der Waals surface area contributed by atoms with Gasteiger partial charge >= 0.3 is 0 Å². The van der Waals surface area contributed by atoms with Gasteiger partial charge in [0.1, 0.15) is 0 Å². The van der Waals surface area contributed by atoms with Gasteiger partial charge in [-0.25, -0.2) is 0 Å². The van der Waals surface area contributed by atoms with Crippen LogP contribution in [0.4, 0.5) is 0 Å². The van der Waals surface area contributed by atoms with E-state index < -0.39 is 0 Å². The summed E-state index contributed by atoms with van der Waals surface area (Å²) in [4.78, 5) is 0.